The Labute approximate surface area is 186 Å². The number of aryl methyl sites for hydroxylation is 1. The molecule has 2 aliphatic heterocycles. The highest BCUT2D eigenvalue weighted by Crippen LogP contribution is 2.47. The minimum atomic E-state index is -0.130. The van der Waals surface area contributed by atoms with Crippen molar-refractivity contribution >= 4 is 17.5 Å². The molecule has 1 saturated heterocycles. The Morgan fingerprint density at radius 3 is 2.62 bits per heavy atom. The van der Waals surface area contributed by atoms with Crippen molar-refractivity contribution in [2.75, 3.05) is 44.9 Å². The predicted octanol–water partition coefficient (Wildman–Crippen LogP) is 2.33. The van der Waals surface area contributed by atoms with Crippen molar-refractivity contribution in [3.05, 3.63) is 65.6 Å². The zero-order valence-corrected chi connectivity index (χ0v) is 18.2. The van der Waals surface area contributed by atoms with Gasteiger partial charge < -0.3 is 19.6 Å². The van der Waals surface area contributed by atoms with E-state index in [2.05, 4.69) is 19.9 Å². The van der Waals surface area contributed by atoms with E-state index < -0.39 is 0 Å². The molecule has 5 rings (SSSR count). The van der Waals surface area contributed by atoms with Crippen LogP contribution >= 0.6 is 0 Å². The Morgan fingerprint density at radius 1 is 1.19 bits per heavy atom. The molecule has 8 nitrogen and oxygen atoms in total. The normalized spacial score (nSPS) is 16.0. The molecule has 0 atom stereocenters. The molecule has 1 spiro atoms. The van der Waals surface area contributed by atoms with Crippen molar-refractivity contribution in [3.63, 3.8) is 0 Å². The lowest BCUT2D eigenvalue weighted by Crippen LogP contribution is -2.49. The smallest absolute Gasteiger partial charge is 0.253 e. The van der Waals surface area contributed by atoms with Gasteiger partial charge in [0.05, 0.1) is 30.9 Å². The summed E-state index contributed by atoms with van der Waals surface area (Å²) in [6.07, 6.45) is 5.36. The maximum absolute atomic E-state index is 12.8. The fourth-order valence-corrected chi connectivity index (χ4v) is 4.34. The summed E-state index contributed by atoms with van der Waals surface area (Å²) < 4.78 is 5.56. The number of hydrogen-bond acceptors (Lipinski definition) is 7. The van der Waals surface area contributed by atoms with Crippen LogP contribution in [0.25, 0.3) is 11.3 Å². The topological polar surface area (TPSA) is 91.7 Å². The first kappa shape index (κ1) is 20.5. The number of anilines is 2. The van der Waals surface area contributed by atoms with Gasteiger partial charge in [0.1, 0.15) is 0 Å². The van der Waals surface area contributed by atoms with Crippen LogP contribution in [0, 0.1) is 6.92 Å². The van der Waals surface area contributed by atoms with Gasteiger partial charge in [0.15, 0.2) is 0 Å². The van der Waals surface area contributed by atoms with Crippen molar-refractivity contribution in [3.8, 4) is 11.3 Å². The first-order valence-electron chi connectivity index (χ1n) is 10.6. The number of likely N-dealkylation sites (N-methyl/N-ethyl adjacent to an activating group) is 1. The summed E-state index contributed by atoms with van der Waals surface area (Å²) in [7, 11) is 1.69. The molecule has 164 valence electrons. The van der Waals surface area contributed by atoms with Gasteiger partial charge in [0, 0.05) is 55.5 Å². The highest BCUT2D eigenvalue weighted by molar-refractivity contribution is 5.96. The number of ether oxygens (including phenoxy) is 1. The molecule has 1 fully saturated rings. The van der Waals surface area contributed by atoms with Crippen LogP contribution in [-0.2, 0) is 10.2 Å². The van der Waals surface area contributed by atoms with Crippen LogP contribution in [0.3, 0.4) is 0 Å². The van der Waals surface area contributed by atoms with Crippen LogP contribution in [-0.4, -0.2) is 70.8 Å². The SMILES string of the molecule is Cc1ccnc(-c2cnc(N3CC4(COC4)c4ccc(C(=O)N(C)CCO)cc43)nc2)c1. The number of benzene rings is 1. The van der Waals surface area contributed by atoms with Crippen molar-refractivity contribution in [2.24, 2.45) is 0 Å². The molecule has 8 heteroatoms. The number of hydrogen-bond donors (Lipinski definition) is 1. The van der Waals surface area contributed by atoms with Crippen molar-refractivity contribution in [1.82, 2.24) is 19.9 Å². The summed E-state index contributed by atoms with van der Waals surface area (Å²) in [4.78, 5) is 30.0. The number of carbonyl (C=O) groups excluding carboxylic acids is 1. The predicted molar refractivity (Wildman–Crippen MR) is 120 cm³/mol. The van der Waals surface area contributed by atoms with Gasteiger partial charge in [-0.3, -0.25) is 9.78 Å². The zero-order valence-electron chi connectivity index (χ0n) is 18.2. The Kier molecular flexibility index (Phi) is 5.11. The Morgan fingerprint density at radius 2 is 1.97 bits per heavy atom. The van der Waals surface area contributed by atoms with Crippen molar-refractivity contribution in [2.45, 2.75) is 12.3 Å². The van der Waals surface area contributed by atoms with Crippen LogP contribution in [0.1, 0.15) is 21.5 Å². The number of amides is 1. The summed E-state index contributed by atoms with van der Waals surface area (Å²) in [6.45, 7) is 4.22. The van der Waals surface area contributed by atoms with Gasteiger partial charge in [-0.25, -0.2) is 9.97 Å². The lowest BCUT2D eigenvalue weighted by atomic mass is 9.80. The molecule has 0 radical (unpaired) electrons. The van der Waals surface area contributed by atoms with Gasteiger partial charge in [-0.05, 0) is 42.3 Å². The highest BCUT2D eigenvalue weighted by atomic mass is 16.5. The molecule has 2 aromatic heterocycles. The molecule has 4 heterocycles. The second-order valence-corrected chi connectivity index (χ2v) is 8.53. The third-order valence-corrected chi connectivity index (χ3v) is 6.20. The Bertz CT molecular complexity index is 1160. The van der Waals surface area contributed by atoms with Crippen LogP contribution in [0.15, 0.2) is 48.9 Å². The quantitative estimate of drug-likeness (QED) is 0.663. The number of nitrogens with zero attached hydrogens (tertiary/aromatic N) is 5. The van der Waals surface area contributed by atoms with Crippen LogP contribution in [0.5, 0.6) is 0 Å². The largest absolute Gasteiger partial charge is 0.395 e. The van der Waals surface area contributed by atoms with E-state index in [4.69, 9.17) is 9.84 Å². The van der Waals surface area contributed by atoms with Crippen LogP contribution < -0.4 is 4.90 Å². The Balaban J connectivity index is 1.49. The fourth-order valence-electron chi connectivity index (χ4n) is 4.34. The van der Waals surface area contributed by atoms with Gasteiger partial charge in [-0.15, -0.1) is 0 Å². The zero-order chi connectivity index (χ0) is 22.3. The fraction of sp³-hybridized carbons (Fsp3) is 0.333. The number of carbonyl (C=O) groups is 1. The lowest BCUT2D eigenvalue weighted by molar-refractivity contribution is -0.0507. The first-order valence-corrected chi connectivity index (χ1v) is 10.6. The van der Waals surface area contributed by atoms with Gasteiger partial charge in [0.2, 0.25) is 5.95 Å². The van der Waals surface area contributed by atoms with Crippen molar-refractivity contribution < 1.29 is 14.6 Å². The standard InChI is InChI=1S/C24H25N5O3/c1-16-5-6-25-20(9-16)18-11-26-23(27-12-18)29-13-24(14-32-15-24)19-4-3-17(10-21(19)29)22(31)28(2)7-8-30/h3-6,9-12,30H,7-8,13-15H2,1-2H3. The van der Waals surface area contributed by atoms with E-state index in [-0.39, 0.29) is 24.5 Å². The van der Waals surface area contributed by atoms with E-state index >= 15 is 0 Å². The van der Waals surface area contributed by atoms with E-state index in [0.29, 0.717) is 31.3 Å². The van der Waals surface area contributed by atoms with E-state index in [9.17, 15) is 4.79 Å². The van der Waals surface area contributed by atoms with E-state index in [0.717, 1.165) is 28.1 Å². The number of aromatic nitrogens is 3. The number of aliphatic hydroxyl groups is 1. The second kappa shape index (κ2) is 7.96. The molecule has 0 aliphatic carbocycles. The number of pyridine rings is 1. The molecule has 3 aromatic rings. The maximum Gasteiger partial charge on any atom is 0.253 e. The lowest BCUT2D eigenvalue weighted by Gasteiger charge is -2.38. The number of aliphatic hydroxyl groups excluding tert-OH is 1. The van der Waals surface area contributed by atoms with E-state index in [1.807, 2.05) is 37.3 Å². The van der Waals surface area contributed by atoms with Gasteiger partial charge in [-0.1, -0.05) is 6.07 Å². The monoisotopic (exact) mass is 431 g/mol. The average Bonchev–Trinajstić information content (AvgIpc) is 3.14. The molecule has 1 N–H and O–H groups in total. The summed E-state index contributed by atoms with van der Waals surface area (Å²) in [5.41, 5.74) is 5.37. The molecule has 0 saturated carbocycles. The summed E-state index contributed by atoms with van der Waals surface area (Å²) >= 11 is 0. The molecular formula is C24H25N5O3. The third-order valence-electron chi connectivity index (χ3n) is 6.20. The molecular weight excluding hydrogens is 406 g/mol. The summed E-state index contributed by atoms with van der Waals surface area (Å²) in [5.74, 6) is 0.453. The Hall–Kier alpha value is -3.36. The second-order valence-electron chi connectivity index (χ2n) is 8.53. The first-order chi connectivity index (χ1) is 15.5. The van der Waals surface area contributed by atoms with E-state index in [1.54, 1.807) is 25.6 Å². The maximum atomic E-state index is 12.8. The van der Waals surface area contributed by atoms with Gasteiger partial charge in [0.25, 0.3) is 5.91 Å². The molecule has 0 bridgehead atoms. The average molecular weight is 431 g/mol. The van der Waals surface area contributed by atoms with Crippen molar-refractivity contribution in [1.29, 1.82) is 0 Å². The van der Waals surface area contributed by atoms with E-state index in [1.165, 1.54) is 4.90 Å². The molecule has 1 aromatic carbocycles. The molecule has 0 unspecified atom stereocenters. The number of fused-ring (bicyclic) bond motifs is 2. The van der Waals surface area contributed by atoms with Crippen LogP contribution in [0.2, 0.25) is 0 Å². The molecule has 1 amide bonds. The van der Waals surface area contributed by atoms with Crippen LogP contribution in [0.4, 0.5) is 11.6 Å². The number of rotatable bonds is 5. The minimum absolute atomic E-state index is 0.0737. The highest BCUT2D eigenvalue weighted by Gasteiger charge is 2.49. The van der Waals surface area contributed by atoms with Gasteiger partial charge in [-0.2, -0.15) is 0 Å². The molecule has 32 heavy (non-hydrogen) atoms. The third kappa shape index (κ3) is 3.41. The summed E-state index contributed by atoms with van der Waals surface area (Å²) in [6, 6.07) is 9.73. The minimum Gasteiger partial charge on any atom is -0.395 e. The summed E-state index contributed by atoms with van der Waals surface area (Å²) in [5, 5.41) is 9.17. The van der Waals surface area contributed by atoms with Gasteiger partial charge >= 0.3 is 0 Å². The molecule has 2 aliphatic rings.